The van der Waals surface area contributed by atoms with Gasteiger partial charge in [-0.1, -0.05) is 12.1 Å². The fourth-order valence-electron chi connectivity index (χ4n) is 3.32. The molecule has 7 nitrogen and oxygen atoms in total. The highest BCUT2D eigenvalue weighted by molar-refractivity contribution is 5.46. The Hall–Kier alpha value is -1.38. The van der Waals surface area contributed by atoms with Crippen LogP contribution in [0.4, 0.5) is 0 Å². The number of morpholine rings is 1. The van der Waals surface area contributed by atoms with Crippen LogP contribution < -0.4 is 9.47 Å². The van der Waals surface area contributed by atoms with Gasteiger partial charge in [0.25, 0.3) is 0 Å². The zero-order chi connectivity index (χ0) is 20.4. The van der Waals surface area contributed by atoms with E-state index in [9.17, 15) is 5.11 Å². The van der Waals surface area contributed by atoms with Gasteiger partial charge in [0.15, 0.2) is 11.5 Å². The third-order valence-corrected chi connectivity index (χ3v) is 4.81. The number of ether oxygens (including phenoxy) is 4. The molecule has 1 heterocycles. The molecule has 1 fully saturated rings. The van der Waals surface area contributed by atoms with E-state index in [1.54, 1.807) is 14.2 Å². The second-order valence-electron chi connectivity index (χ2n) is 7.38. The van der Waals surface area contributed by atoms with Gasteiger partial charge < -0.3 is 24.1 Å². The zero-order valence-corrected chi connectivity index (χ0v) is 17.7. The molecule has 0 saturated carbocycles. The fraction of sp³-hybridized carbons (Fsp3) is 0.714. The molecule has 28 heavy (non-hydrogen) atoms. The van der Waals surface area contributed by atoms with Crippen molar-refractivity contribution < 1.29 is 24.1 Å². The number of aliphatic hydroxyl groups excluding tert-OH is 1. The van der Waals surface area contributed by atoms with Crippen LogP contribution in [-0.2, 0) is 16.0 Å². The molecule has 1 unspecified atom stereocenters. The van der Waals surface area contributed by atoms with Crippen LogP contribution in [0.1, 0.15) is 19.4 Å². The first-order valence-electron chi connectivity index (χ1n) is 10.1. The Morgan fingerprint density at radius 2 is 1.93 bits per heavy atom. The van der Waals surface area contributed by atoms with E-state index >= 15 is 0 Å². The molecule has 0 spiro atoms. The van der Waals surface area contributed by atoms with Gasteiger partial charge in [0.1, 0.15) is 0 Å². The summed E-state index contributed by atoms with van der Waals surface area (Å²) in [6.45, 7) is 10.8. The Labute approximate surface area is 169 Å². The molecule has 160 valence electrons. The number of methoxy groups -OCH3 is 2. The second kappa shape index (κ2) is 12.2. The smallest absolute Gasteiger partial charge is 0.165 e. The van der Waals surface area contributed by atoms with E-state index in [1.807, 2.05) is 32.0 Å². The van der Waals surface area contributed by atoms with Gasteiger partial charge in [0.2, 0.25) is 0 Å². The van der Waals surface area contributed by atoms with Crippen molar-refractivity contribution in [2.75, 3.05) is 66.8 Å². The highest BCUT2D eigenvalue weighted by Gasteiger charge is 2.19. The van der Waals surface area contributed by atoms with Crippen molar-refractivity contribution in [2.45, 2.75) is 32.6 Å². The minimum absolute atomic E-state index is 0.106. The molecule has 0 aromatic heterocycles. The number of para-hydroxylation sites is 1. The minimum Gasteiger partial charge on any atom is -0.493 e. The molecule has 1 aromatic carbocycles. The van der Waals surface area contributed by atoms with Crippen LogP contribution >= 0.6 is 0 Å². The Bertz CT molecular complexity index is 564. The first-order chi connectivity index (χ1) is 13.5. The van der Waals surface area contributed by atoms with E-state index in [2.05, 4.69) is 9.80 Å². The molecule has 0 radical (unpaired) electrons. The van der Waals surface area contributed by atoms with E-state index in [0.29, 0.717) is 19.7 Å². The molecule has 0 bridgehead atoms. The van der Waals surface area contributed by atoms with Crippen LogP contribution in [0.15, 0.2) is 18.2 Å². The quantitative estimate of drug-likeness (QED) is 0.576. The summed E-state index contributed by atoms with van der Waals surface area (Å²) in [5.74, 6) is 1.46. The lowest BCUT2D eigenvalue weighted by Crippen LogP contribution is -2.43. The van der Waals surface area contributed by atoms with Crippen LogP contribution in [0.2, 0.25) is 0 Å². The van der Waals surface area contributed by atoms with Crippen LogP contribution in [0.3, 0.4) is 0 Å². The molecule has 1 aromatic rings. The first kappa shape index (κ1) is 22.9. The van der Waals surface area contributed by atoms with Crippen LogP contribution in [0.25, 0.3) is 0 Å². The van der Waals surface area contributed by atoms with Gasteiger partial charge in [-0.25, -0.2) is 0 Å². The summed E-state index contributed by atoms with van der Waals surface area (Å²) in [5.41, 5.74) is 1.04. The van der Waals surface area contributed by atoms with E-state index < -0.39 is 6.10 Å². The van der Waals surface area contributed by atoms with Gasteiger partial charge in [-0.3, -0.25) is 9.80 Å². The van der Waals surface area contributed by atoms with E-state index in [1.165, 1.54) is 0 Å². The number of hydrogen-bond acceptors (Lipinski definition) is 7. The molecule has 7 heteroatoms. The van der Waals surface area contributed by atoms with Gasteiger partial charge >= 0.3 is 0 Å². The van der Waals surface area contributed by atoms with Crippen molar-refractivity contribution in [1.82, 2.24) is 9.80 Å². The van der Waals surface area contributed by atoms with Gasteiger partial charge in [-0.15, -0.1) is 0 Å². The molecular weight excluding hydrogens is 360 g/mol. The van der Waals surface area contributed by atoms with Gasteiger partial charge in [-0.05, 0) is 19.9 Å². The number of hydrogen-bond donors (Lipinski definition) is 1. The molecule has 0 aliphatic carbocycles. The molecule has 0 amide bonds. The molecule has 1 aliphatic heterocycles. The summed E-state index contributed by atoms with van der Waals surface area (Å²) in [5, 5.41) is 10.5. The summed E-state index contributed by atoms with van der Waals surface area (Å²) >= 11 is 0. The highest BCUT2D eigenvalue weighted by Crippen LogP contribution is 2.31. The fourth-order valence-corrected chi connectivity index (χ4v) is 3.32. The Morgan fingerprint density at radius 1 is 1.18 bits per heavy atom. The van der Waals surface area contributed by atoms with Crippen molar-refractivity contribution in [3.8, 4) is 11.5 Å². The van der Waals surface area contributed by atoms with Crippen molar-refractivity contribution in [3.05, 3.63) is 23.8 Å². The predicted octanol–water partition coefficient (Wildman–Crippen LogP) is 1.62. The summed E-state index contributed by atoms with van der Waals surface area (Å²) in [4.78, 5) is 4.65. The van der Waals surface area contributed by atoms with Gasteiger partial charge in [0.05, 0.1) is 46.2 Å². The zero-order valence-electron chi connectivity index (χ0n) is 17.7. The topological polar surface area (TPSA) is 63.6 Å². The maximum absolute atomic E-state index is 10.5. The lowest BCUT2D eigenvalue weighted by atomic mass is 10.1. The average molecular weight is 397 g/mol. The third kappa shape index (κ3) is 7.56. The Balaban J connectivity index is 2.03. The maximum atomic E-state index is 10.5. The predicted molar refractivity (Wildman–Crippen MR) is 109 cm³/mol. The monoisotopic (exact) mass is 396 g/mol. The lowest BCUT2D eigenvalue weighted by molar-refractivity contribution is -0.0129. The van der Waals surface area contributed by atoms with Gasteiger partial charge in [0, 0.05) is 44.8 Å². The van der Waals surface area contributed by atoms with Crippen molar-refractivity contribution in [1.29, 1.82) is 0 Å². The molecule has 2 rings (SSSR count). The Morgan fingerprint density at radius 3 is 2.57 bits per heavy atom. The number of aliphatic hydroxyl groups is 1. The minimum atomic E-state index is -0.538. The van der Waals surface area contributed by atoms with Crippen molar-refractivity contribution >= 4 is 0 Å². The van der Waals surface area contributed by atoms with Crippen LogP contribution in [-0.4, -0.2) is 93.9 Å². The van der Waals surface area contributed by atoms with E-state index in [0.717, 1.165) is 56.5 Å². The average Bonchev–Trinajstić information content (AvgIpc) is 2.71. The van der Waals surface area contributed by atoms with Crippen LogP contribution in [0.5, 0.6) is 11.5 Å². The maximum Gasteiger partial charge on any atom is 0.165 e. The van der Waals surface area contributed by atoms with Crippen molar-refractivity contribution in [2.24, 2.45) is 0 Å². The summed E-state index contributed by atoms with van der Waals surface area (Å²) in [6.07, 6.45) is -0.432. The lowest BCUT2D eigenvalue weighted by Gasteiger charge is -2.31. The molecule has 1 N–H and O–H groups in total. The number of nitrogens with zero attached hydrogens (tertiary/aromatic N) is 2. The molecule has 1 aliphatic rings. The van der Waals surface area contributed by atoms with Crippen LogP contribution in [0, 0.1) is 0 Å². The molecule has 1 atom stereocenters. The highest BCUT2D eigenvalue weighted by atomic mass is 16.5. The summed E-state index contributed by atoms with van der Waals surface area (Å²) < 4.78 is 22.0. The number of benzene rings is 1. The van der Waals surface area contributed by atoms with Gasteiger partial charge in [-0.2, -0.15) is 0 Å². The molecule has 1 saturated heterocycles. The third-order valence-electron chi connectivity index (χ3n) is 4.81. The first-order valence-corrected chi connectivity index (χ1v) is 10.1. The van der Waals surface area contributed by atoms with Crippen molar-refractivity contribution in [3.63, 3.8) is 0 Å². The second-order valence-corrected chi connectivity index (χ2v) is 7.38. The van der Waals surface area contributed by atoms with E-state index in [-0.39, 0.29) is 6.10 Å². The molecular formula is C21H36N2O5. The Kier molecular flexibility index (Phi) is 10.0. The summed E-state index contributed by atoms with van der Waals surface area (Å²) in [6, 6.07) is 5.90. The largest absolute Gasteiger partial charge is 0.493 e. The SMILES string of the molecule is COc1cccc(CN(CCN2CCOCC2)CC(O)COC(C)C)c1OC. The summed E-state index contributed by atoms with van der Waals surface area (Å²) in [7, 11) is 3.30. The number of rotatable bonds is 12. The van der Waals surface area contributed by atoms with E-state index in [4.69, 9.17) is 18.9 Å². The normalized spacial score (nSPS) is 16.5. The standard InChI is InChI=1S/C21H36N2O5/c1-17(2)28-16-19(24)15-23(9-8-22-10-12-27-13-11-22)14-18-6-5-7-20(25-3)21(18)26-4/h5-7,17,19,24H,8-16H2,1-4H3.